The molecule has 0 amide bonds. The normalized spacial score (nSPS) is 21.3. The maximum Gasteiger partial charge on any atom is 0.346 e. The van der Waals surface area contributed by atoms with Gasteiger partial charge < -0.3 is 29.2 Å². The Morgan fingerprint density at radius 2 is 1.88 bits per heavy atom. The lowest BCUT2D eigenvalue weighted by Gasteiger charge is -2.33. The number of aryl methyl sites for hydroxylation is 1. The molecule has 4 heterocycles. The van der Waals surface area contributed by atoms with Crippen molar-refractivity contribution in [2.75, 3.05) is 18.9 Å². The maximum atomic E-state index is 13.6. The van der Waals surface area contributed by atoms with Crippen LogP contribution in [0.2, 0.25) is 5.28 Å². The number of anilines is 1. The minimum atomic E-state index is -2.11. The van der Waals surface area contributed by atoms with Gasteiger partial charge in [0.1, 0.15) is 11.6 Å². The Labute approximate surface area is 292 Å². The third kappa shape index (κ3) is 6.59. The van der Waals surface area contributed by atoms with E-state index >= 15 is 0 Å². The number of Topliss-reactive ketones (excluding diaryl/α,β-unsaturated/α-hetero) is 1. The van der Waals surface area contributed by atoms with Crippen LogP contribution >= 0.6 is 11.6 Å². The molecule has 262 valence electrons. The van der Waals surface area contributed by atoms with Gasteiger partial charge in [-0.15, -0.1) is 6.42 Å². The summed E-state index contributed by atoms with van der Waals surface area (Å²) in [4.78, 5) is 64.7. The number of hydrogen-bond donors (Lipinski definition) is 1. The third-order valence-electron chi connectivity index (χ3n) is 8.86. The number of nitrogens with zero attached hydrogens (tertiary/aromatic N) is 5. The smallest absolute Gasteiger partial charge is 0.346 e. The quantitative estimate of drug-likeness (QED) is 0.0983. The van der Waals surface area contributed by atoms with Gasteiger partial charge >= 0.3 is 11.9 Å². The first-order chi connectivity index (χ1) is 23.8. The van der Waals surface area contributed by atoms with E-state index in [0.29, 0.717) is 23.2 Å². The van der Waals surface area contributed by atoms with Gasteiger partial charge in [-0.2, -0.15) is 9.97 Å². The predicted molar refractivity (Wildman–Crippen MR) is 183 cm³/mol. The molecule has 5 atom stereocenters. The third-order valence-corrected chi connectivity index (χ3v) is 9.02. The molecule has 0 radical (unpaired) electrons. The van der Waals surface area contributed by atoms with E-state index in [0.717, 1.165) is 0 Å². The Morgan fingerprint density at radius 1 is 1.16 bits per heavy atom. The molecule has 15 heteroatoms. The van der Waals surface area contributed by atoms with Crippen LogP contribution in [0.15, 0.2) is 53.7 Å². The van der Waals surface area contributed by atoms with Crippen molar-refractivity contribution in [2.45, 2.75) is 71.6 Å². The summed E-state index contributed by atoms with van der Waals surface area (Å²) in [7, 11) is 0. The van der Waals surface area contributed by atoms with Crippen LogP contribution in [-0.4, -0.2) is 72.8 Å². The molecule has 50 heavy (non-hydrogen) atoms. The molecule has 0 spiro atoms. The topological polar surface area (TPSA) is 180 Å². The fraction of sp³-hybridized carbons (Fsp3) is 0.400. The molecular formula is C35H37ClN6O8. The summed E-state index contributed by atoms with van der Waals surface area (Å²) in [5, 5.41) is -0.145. The van der Waals surface area contributed by atoms with Crippen LogP contribution in [0.3, 0.4) is 0 Å². The number of pyridine rings is 1. The number of terminal acetylenes is 1. The van der Waals surface area contributed by atoms with Crippen LogP contribution in [0.25, 0.3) is 22.3 Å². The zero-order valence-electron chi connectivity index (χ0n) is 28.2. The lowest BCUT2D eigenvalue weighted by Crippen LogP contribution is -2.53. The molecule has 1 aliphatic heterocycles. The summed E-state index contributed by atoms with van der Waals surface area (Å²) in [6, 6.07) is 10.4. The fourth-order valence-corrected chi connectivity index (χ4v) is 6.20. The van der Waals surface area contributed by atoms with Crippen molar-refractivity contribution in [1.82, 2.24) is 24.1 Å². The molecule has 1 aliphatic rings. The number of hydrogen-bond acceptors (Lipinski definition) is 12. The highest BCUT2D eigenvalue weighted by atomic mass is 35.5. The highest BCUT2D eigenvalue weighted by Gasteiger charge is 2.58. The summed E-state index contributed by atoms with van der Waals surface area (Å²) in [6.07, 6.45) is 5.72. The van der Waals surface area contributed by atoms with Crippen molar-refractivity contribution in [3.8, 4) is 23.5 Å². The van der Waals surface area contributed by atoms with Gasteiger partial charge in [-0.05, 0) is 62.6 Å². The van der Waals surface area contributed by atoms with Gasteiger partial charge in [-0.3, -0.25) is 19.0 Å². The van der Waals surface area contributed by atoms with E-state index in [1.54, 1.807) is 61.0 Å². The van der Waals surface area contributed by atoms with Crippen molar-refractivity contribution in [3.05, 3.63) is 70.1 Å². The van der Waals surface area contributed by atoms with Crippen LogP contribution < -0.4 is 11.3 Å². The number of carbonyl (C=O) groups excluding carboxylic acids is 3. The van der Waals surface area contributed by atoms with E-state index in [1.165, 1.54) is 24.7 Å². The highest BCUT2D eigenvalue weighted by molar-refractivity contribution is 6.28. The SMILES string of the molecule is C#C[C@@]1(C)[C@@H](COC(Cc2ccc(-c3cccn(CC)c3=O)cc2)(C(C)=O)C(=O)OCC)O[C@@H](n2cnc3c(N)nc(Cl)nc32)[C@@H]1OC(C)=O. The molecule has 1 unspecified atom stereocenters. The number of esters is 2. The van der Waals surface area contributed by atoms with E-state index in [4.69, 9.17) is 42.7 Å². The molecule has 14 nitrogen and oxygen atoms in total. The van der Waals surface area contributed by atoms with Gasteiger partial charge in [-0.1, -0.05) is 30.2 Å². The second kappa shape index (κ2) is 14.4. The average Bonchev–Trinajstić information content (AvgIpc) is 3.62. The van der Waals surface area contributed by atoms with Gasteiger partial charge in [-0.25, -0.2) is 9.78 Å². The zero-order valence-corrected chi connectivity index (χ0v) is 29.0. The van der Waals surface area contributed by atoms with Gasteiger partial charge in [0.25, 0.3) is 5.56 Å². The molecule has 0 bridgehead atoms. The number of carbonyl (C=O) groups is 3. The van der Waals surface area contributed by atoms with Gasteiger partial charge in [0.05, 0.1) is 25.0 Å². The zero-order chi connectivity index (χ0) is 36.4. The molecule has 5 rings (SSSR count). The summed E-state index contributed by atoms with van der Waals surface area (Å²) in [5.74, 6) is 0.548. The monoisotopic (exact) mass is 704 g/mol. The van der Waals surface area contributed by atoms with Crippen molar-refractivity contribution in [2.24, 2.45) is 5.41 Å². The van der Waals surface area contributed by atoms with Crippen LogP contribution in [0.4, 0.5) is 5.82 Å². The minimum Gasteiger partial charge on any atom is -0.463 e. The molecule has 2 N–H and O–H groups in total. The van der Waals surface area contributed by atoms with Crippen molar-refractivity contribution in [3.63, 3.8) is 0 Å². The first-order valence-corrected chi connectivity index (χ1v) is 16.2. The van der Waals surface area contributed by atoms with E-state index in [9.17, 15) is 19.2 Å². The van der Waals surface area contributed by atoms with E-state index in [-0.39, 0.29) is 40.9 Å². The lowest BCUT2D eigenvalue weighted by atomic mass is 9.81. The van der Waals surface area contributed by atoms with Gasteiger partial charge in [0.15, 0.2) is 29.6 Å². The Morgan fingerprint density at radius 3 is 2.50 bits per heavy atom. The first-order valence-electron chi connectivity index (χ1n) is 15.9. The minimum absolute atomic E-state index is 0.0201. The van der Waals surface area contributed by atoms with Crippen LogP contribution in [0.5, 0.6) is 0 Å². The Hall–Kier alpha value is -5.10. The highest BCUT2D eigenvalue weighted by Crippen LogP contribution is 2.46. The molecule has 3 aromatic heterocycles. The number of fused-ring (bicyclic) bond motifs is 1. The van der Waals surface area contributed by atoms with Crippen molar-refractivity contribution in [1.29, 1.82) is 0 Å². The number of benzene rings is 1. The Balaban J connectivity index is 1.49. The second-order valence-electron chi connectivity index (χ2n) is 12.0. The van der Waals surface area contributed by atoms with Crippen LogP contribution in [0.1, 0.15) is 46.4 Å². The van der Waals surface area contributed by atoms with E-state index in [2.05, 4.69) is 20.9 Å². The Bertz CT molecular complexity index is 2040. The molecule has 1 aromatic carbocycles. The molecule has 0 saturated carbocycles. The number of nitrogen functional groups attached to an aromatic ring is 1. The first kappa shape index (κ1) is 36.2. The summed E-state index contributed by atoms with van der Waals surface area (Å²) in [5.41, 5.74) is 4.57. The number of aromatic nitrogens is 5. The van der Waals surface area contributed by atoms with Crippen molar-refractivity contribution < 1.29 is 33.3 Å². The molecular weight excluding hydrogens is 668 g/mol. The summed E-state index contributed by atoms with van der Waals surface area (Å²) < 4.78 is 26.8. The number of ether oxygens (including phenoxy) is 4. The number of nitrogens with two attached hydrogens (primary N) is 1. The number of ketones is 1. The second-order valence-corrected chi connectivity index (χ2v) is 12.3. The van der Waals surface area contributed by atoms with E-state index in [1.807, 2.05) is 6.92 Å². The lowest BCUT2D eigenvalue weighted by molar-refractivity contribution is -0.182. The molecule has 1 fully saturated rings. The summed E-state index contributed by atoms with van der Waals surface area (Å²) in [6.45, 7) is 7.70. The largest absolute Gasteiger partial charge is 0.463 e. The fourth-order valence-electron chi connectivity index (χ4n) is 6.03. The molecule has 0 aliphatic carbocycles. The Kier molecular flexibility index (Phi) is 10.4. The van der Waals surface area contributed by atoms with Crippen LogP contribution in [0, 0.1) is 17.8 Å². The van der Waals surface area contributed by atoms with Gasteiger partial charge in [0, 0.05) is 31.6 Å². The summed E-state index contributed by atoms with van der Waals surface area (Å²) >= 11 is 6.09. The molecule has 4 aromatic rings. The maximum absolute atomic E-state index is 13.6. The molecule has 1 saturated heterocycles. The van der Waals surface area contributed by atoms with Gasteiger partial charge in [0.2, 0.25) is 10.9 Å². The number of imidazole rings is 1. The van der Waals surface area contributed by atoms with E-state index < -0.39 is 53.8 Å². The average molecular weight is 705 g/mol. The standard InChI is InChI=1S/C35H37ClN6O8/c1-7-34(6)25(50-31(27(34)49-21(5)44)42-19-38-26-28(37)39-33(36)40-29(26)42)18-48-35(20(4)43,32(46)47-9-3)17-22-12-14-23(15-13-22)24-11-10-16-41(8-2)30(24)45/h1,10-16,19,25,27,31H,8-9,17-18H2,2-6H3,(H2,37,39,40)/t25-,27+,31-,34+,35?/m1/s1. The predicted octanol–water partition coefficient (Wildman–Crippen LogP) is 3.53. The number of rotatable bonds is 12. The number of halogens is 1. The van der Waals surface area contributed by atoms with Crippen LogP contribution in [-0.2, 0) is 46.3 Å². The van der Waals surface area contributed by atoms with Crippen molar-refractivity contribution >= 4 is 46.3 Å².